The first-order valence-electron chi connectivity index (χ1n) is 6.05. The van der Waals surface area contributed by atoms with Crippen molar-refractivity contribution in [2.75, 3.05) is 11.4 Å². The molecular formula is C13H12F3NO3. The van der Waals surface area contributed by atoms with Crippen LogP contribution in [0.4, 0.5) is 18.9 Å². The van der Waals surface area contributed by atoms with E-state index in [1.807, 2.05) is 0 Å². The number of carbonyl (C=O) groups excluding carboxylic acids is 1. The number of piperidine rings is 1. The zero-order valence-corrected chi connectivity index (χ0v) is 10.4. The summed E-state index contributed by atoms with van der Waals surface area (Å²) in [6.45, 7) is 0.324. The maximum atomic E-state index is 12.6. The molecule has 0 bridgehead atoms. The van der Waals surface area contributed by atoms with E-state index in [4.69, 9.17) is 5.11 Å². The average Bonchev–Trinajstić information content (AvgIpc) is 2.37. The lowest BCUT2D eigenvalue weighted by Gasteiger charge is -2.28. The molecule has 20 heavy (non-hydrogen) atoms. The number of carboxylic acid groups (broad SMARTS) is 1. The first-order valence-corrected chi connectivity index (χ1v) is 6.05. The number of aromatic carboxylic acids is 1. The summed E-state index contributed by atoms with van der Waals surface area (Å²) in [5.74, 6) is -1.75. The highest BCUT2D eigenvalue weighted by Crippen LogP contribution is 2.33. The minimum atomic E-state index is -4.62. The number of benzene rings is 1. The number of carbonyl (C=O) groups is 2. The normalized spacial score (nSPS) is 16.4. The second-order valence-electron chi connectivity index (χ2n) is 4.54. The Morgan fingerprint density at radius 2 is 1.95 bits per heavy atom. The van der Waals surface area contributed by atoms with Gasteiger partial charge in [0.1, 0.15) is 0 Å². The molecule has 1 aromatic rings. The van der Waals surface area contributed by atoms with Crippen LogP contribution < -0.4 is 4.90 Å². The van der Waals surface area contributed by atoms with Crippen molar-refractivity contribution in [2.24, 2.45) is 0 Å². The molecule has 0 atom stereocenters. The first kappa shape index (κ1) is 14.4. The number of alkyl halides is 3. The van der Waals surface area contributed by atoms with E-state index in [9.17, 15) is 22.8 Å². The summed E-state index contributed by atoms with van der Waals surface area (Å²) in [5, 5.41) is 9.07. The van der Waals surface area contributed by atoms with Gasteiger partial charge in [0.15, 0.2) is 0 Å². The fraction of sp³-hybridized carbons (Fsp3) is 0.385. The van der Waals surface area contributed by atoms with Crippen molar-refractivity contribution in [3.63, 3.8) is 0 Å². The van der Waals surface area contributed by atoms with Crippen molar-refractivity contribution in [2.45, 2.75) is 25.4 Å². The molecule has 2 rings (SSSR count). The SMILES string of the molecule is O=C(O)c1cc(C(F)(F)F)ccc1N1CCCCC1=O. The van der Waals surface area contributed by atoms with E-state index in [1.54, 1.807) is 0 Å². The van der Waals surface area contributed by atoms with Crippen LogP contribution in [0.15, 0.2) is 18.2 Å². The topological polar surface area (TPSA) is 57.6 Å². The summed E-state index contributed by atoms with van der Waals surface area (Å²) in [6, 6.07) is 2.42. The van der Waals surface area contributed by atoms with Gasteiger partial charge in [-0.15, -0.1) is 0 Å². The predicted octanol–water partition coefficient (Wildman–Crippen LogP) is 2.92. The maximum Gasteiger partial charge on any atom is 0.416 e. The van der Waals surface area contributed by atoms with Gasteiger partial charge in [0.25, 0.3) is 0 Å². The van der Waals surface area contributed by atoms with Crippen LogP contribution in [0, 0.1) is 0 Å². The molecular weight excluding hydrogens is 275 g/mol. The van der Waals surface area contributed by atoms with Crippen LogP contribution in [0.25, 0.3) is 0 Å². The monoisotopic (exact) mass is 287 g/mol. The second kappa shape index (κ2) is 5.15. The molecule has 0 radical (unpaired) electrons. The van der Waals surface area contributed by atoms with Gasteiger partial charge in [-0.2, -0.15) is 13.2 Å². The number of hydrogen-bond donors (Lipinski definition) is 1. The van der Waals surface area contributed by atoms with Crippen molar-refractivity contribution in [3.05, 3.63) is 29.3 Å². The largest absolute Gasteiger partial charge is 0.478 e. The van der Waals surface area contributed by atoms with E-state index in [0.29, 0.717) is 25.5 Å². The molecule has 1 saturated heterocycles. The Kier molecular flexibility index (Phi) is 3.69. The van der Waals surface area contributed by atoms with Gasteiger partial charge in [-0.25, -0.2) is 4.79 Å². The van der Waals surface area contributed by atoms with Gasteiger partial charge >= 0.3 is 12.1 Å². The average molecular weight is 287 g/mol. The van der Waals surface area contributed by atoms with Crippen molar-refractivity contribution in [1.29, 1.82) is 0 Å². The molecule has 1 aliphatic rings. The third kappa shape index (κ3) is 2.76. The second-order valence-corrected chi connectivity index (χ2v) is 4.54. The highest BCUT2D eigenvalue weighted by atomic mass is 19.4. The molecule has 1 N–H and O–H groups in total. The van der Waals surface area contributed by atoms with Crippen LogP contribution in [0.2, 0.25) is 0 Å². The van der Waals surface area contributed by atoms with Gasteiger partial charge in [-0.05, 0) is 31.0 Å². The van der Waals surface area contributed by atoms with Crippen LogP contribution in [-0.4, -0.2) is 23.5 Å². The van der Waals surface area contributed by atoms with E-state index in [0.717, 1.165) is 12.1 Å². The number of nitrogens with zero attached hydrogens (tertiary/aromatic N) is 1. The van der Waals surface area contributed by atoms with Gasteiger partial charge < -0.3 is 10.0 Å². The van der Waals surface area contributed by atoms with Gasteiger partial charge in [0.2, 0.25) is 5.91 Å². The molecule has 0 saturated carbocycles. The Morgan fingerprint density at radius 1 is 1.25 bits per heavy atom. The summed E-state index contributed by atoms with van der Waals surface area (Å²) in [6.07, 6.45) is -2.93. The van der Waals surface area contributed by atoms with Crippen molar-refractivity contribution in [3.8, 4) is 0 Å². The third-order valence-electron chi connectivity index (χ3n) is 3.17. The Bertz CT molecular complexity index is 554. The molecule has 1 amide bonds. The molecule has 108 valence electrons. The molecule has 1 aliphatic heterocycles. The number of rotatable bonds is 2. The molecule has 0 aromatic heterocycles. The zero-order chi connectivity index (χ0) is 14.9. The van der Waals surface area contributed by atoms with Crippen LogP contribution in [0.3, 0.4) is 0 Å². The Balaban J connectivity index is 2.48. The van der Waals surface area contributed by atoms with Gasteiger partial charge in [-0.3, -0.25) is 4.79 Å². The minimum Gasteiger partial charge on any atom is -0.478 e. The van der Waals surface area contributed by atoms with Crippen LogP contribution >= 0.6 is 0 Å². The van der Waals surface area contributed by atoms with Gasteiger partial charge in [0.05, 0.1) is 16.8 Å². The fourth-order valence-electron chi connectivity index (χ4n) is 2.18. The van der Waals surface area contributed by atoms with Crippen LogP contribution in [-0.2, 0) is 11.0 Å². The highest BCUT2D eigenvalue weighted by molar-refractivity contribution is 6.02. The summed E-state index contributed by atoms with van der Waals surface area (Å²) >= 11 is 0. The van der Waals surface area contributed by atoms with E-state index in [-0.39, 0.29) is 18.0 Å². The summed E-state index contributed by atoms with van der Waals surface area (Å²) in [7, 11) is 0. The molecule has 1 aromatic carbocycles. The fourth-order valence-corrected chi connectivity index (χ4v) is 2.18. The lowest BCUT2D eigenvalue weighted by atomic mass is 10.0. The lowest BCUT2D eigenvalue weighted by molar-refractivity contribution is -0.137. The zero-order valence-electron chi connectivity index (χ0n) is 10.4. The molecule has 7 heteroatoms. The molecule has 1 heterocycles. The molecule has 1 fully saturated rings. The first-order chi connectivity index (χ1) is 9.30. The van der Waals surface area contributed by atoms with Gasteiger partial charge in [-0.1, -0.05) is 0 Å². The smallest absolute Gasteiger partial charge is 0.416 e. The van der Waals surface area contributed by atoms with E-state index in [1.165, 1.54) is 4.90 Å². The number of carboxylic acids is 1. The number of hydrogen-bond acceptors (Lipinski definition) is 2. The van der Waals surface area contributed by atoms with E-state index in [2.05, 4.69) is 0 Å². The van der Waals surface area contributed by atoms with Crippen molar-refractivity contribution in [1.82, 2.24) is 0 Å². The third-order valence-corrected chi connectivity index (χ3v) is 3.17. The minimum absolute atomic E-state index is 0.0233. The quantitative estimate of drug-likeness (QED) is 0.909. The number of anilines is 1. The van der Waals surface area contributed by atoms with Crippen molar-refractivity contribution < 1.29 is 27.9 Å². The van der Waals surface area contributed by atoms with Gasteiger partial charge in [0, 0.05) is 13.0 Å². The molecule has 0 aliphatic carbocycles. The molecule has 0 unspecified atom stereocenters. The Morgan fingerprint density at radius 3 is 2.50 bits per heavy atom. The summed E-state index contributed by atoms with van der Waals surface area (Å²) in [5.41, 5.74) is -1.52. The lowest BCUT2D eigenvalue weighted by Crippen LogP contribution is -2.36. The van der Waals surface area contributed by atoms with E-state index >= 15 is 0 Å². The predicted molar refractivity (Wildman–Crippen MR) is 64.6 cm³/mol. The van der Waals surface area contributed by atoms with E-state index < -0.39 is 23.3 Å². The molecule has 4 nitrogen and oxygen atoms in total. The Hall–Kier alpha value is -2.05. The summed E-state index contributed by atoms with van der Waals surface area (Å²) < 4.78 is 37.8. The number of halogens is 3. The highest BCUT2D eigenvalue weighted by Gasteiger charge is 2.33. The van der Waals surface area contributed by atoms with Crippen LogP contribution in [0.5, 0.6) is 0 Å². The maximum absolute atomic E-state index is 12.6. The molecule has 0 spiro atoms. The summed E-state index contributed by atoms with van der Waals surface area (Å²) in [4.78, 5) is 24.2. The Labute approximate surface area is 112 Å². The number of amides is 1. The van der Waals surface area contributed by atoms with Crippen LogP contribution in [0.1, 0.15) is 35.2 Å². The van der Waals surface area contributed by atoms with Crippen molar-refractivity contribution >= 4 is 17.6 Å². The standard InChI is InChI=1S/C13H12F3NO3/c14-13(15,16)8-4-5-10(9(7-8)12(19)20)17-6-2-1-3-11(17)18/h4-5,7H,1-3,6H2,(H,19,20).